The van der Waals surface area contributed by atoms with Crippen LogP contribution in [0.25, 0.3) is 6.08 Å². The quantitative estimate of drug-likeness (QED) is 0.407. The smallest absolute Gasteiger partial charge is 0.270 e. The number of pyridine rings is 1. The van der Waals surface area contributed by atoms with Gasteiger partial charge in [-0.15, -0.1) is 6.58 Å². The number of amides is 1. The first kappa shape index (κ1) is 21.3. The van der Waals surface area contributed by atoms with Crippen LogP contribution in [-0.2, 0) is 11.3 Å². The van der Waals surface area contributed by atoms with E-state index in [-0.39, 0.29) is 17.0 Å². The molecule has 0 spiro atoms. The Balaban J connectivity index is 2.23. The predicted molar refractivity (Wildman–Crippen MR) is 122 cm³/mol. The van der Waals surface area contributed by atoms with Crippen LogP contribution in [0.1, 0.15) is 42.9 Å². The highest BCUT2D eigenvalue weighted by molar-refractivity contribution is 8.26. The largest absolute Gasteiger partial charge is 0.357 e. The fourth-order valence-corrected chi connectivity index (χ4v) is 5.06. The lowest BCUT2D eigenvalue weighted by atomic mass is 10.0. The van der Waals surface area contributed by atoms with E-state index in [2.05, 4.69) is 17.5 Å². The van der Waals surface area contributed by atoms with E-state index >= 15 is 0 Å². The van der Waals surface area contributed by atoms with Gasteiger partial charge in [-0.1, -0.05) is 30.1 Å². The highest BCUT2D eigenvalue weighted by Crippen LogP contribution is 2.36. The molecule has 0 unspecified atom stereocenters. The van der Waals surface area contributed by atoms with E-state index in [1.165, 1.54) is 16.7 Å². The average molecular weight is 429 g/mol. The minimum absolute atomic E-state index is 0.125. The molecule has 2 saturated heterocycles. The summed E-state index contributed by atoms with van der Waals surface area (Å²) in [5.41, 5.74) is 1.21. The number of carbonyl (C=O) groups is 1. The molecule has 1 aromatic rings. The van der Waals surface area contributed by atoms with Gasteiger partial charge in [0.1, 0.15) is 21.8 Å². The Morgan fingerprint density at radius 2 is 1.97 bits per heavy atom. The van der Waals surface area contributed by atoms with Gasteiger partial charge in [0.15, 0.2) is 0 Å². The minimum Gasteiger partial charge on any atom is -0.357 e. The lowest BCUT2D eigenvalue weighted by Gasteiger charge is -2.33. The van der Waals surface area contributed by atoms with E-state index in [1.54, 1.807) is 23.6 Å². The van der Waals surface area contributed by atoms with Gasteiger partial charge >= 0.3 is 0 Å². The highest BCUT2D eigenvalue weighted by Gasteiger charge is 2.32. The van der Waals surface area contributed by atoms with Crippen molar-refractivity contribution < 1.29 is 4.79 Å². The highest BCUT2D eigenvalue weighted by atomic mass is 32.2. The molecular weight excluding hydrogens is 404 g/mol. The maximum Gasteiger partial charge on any atom is 0.270 e. The summed E-state index contributed by atoms with van der Waals surface area (Å²) in [5.74, 6) is 0.624. The molecule has 0 aliphatic carbocycles. The van der Waals surface area contributed by atoms with Gasteiger partial charge in [0, 0.05) is 31.7 Å². The molecule has 152 valence electrons. The van der Waals surface area contributed by atoms with E-state index in [0.717, 1.165) is 43.7 Å². The van der Waals surface area contributed by atoms with Crippen LogP contribution in [0.3, 0.4) is 0 Å². The molecular formula is C21H24N4O2S2. The van der Waals surface area contributed by atoms with Gasteiger partial charge in [0.05, 0.1) is 4.91 Å². The molecule has 2 fully saturated rings. The molecule has 1 amide bonds. The molecule has 3 rings (SSSR count). The first-order chi connectivity index (χ1) is 13.9. The van der Waals surface area contributed by atoms with Gasteiger partial charge in [0.2, 0.25) is 0 Å². The second-order valence-electron chi connectivity index (χ2n) is 7.03. The summed E-state index contributed by atoms with van der Waals surface area (Å²) in [7, 11) is 0. The number of hydrogen-bond acceptors (Lipinski definition) is 6. The number of hydrogen-bond donors (Lipinski definition) is 0. The maximum atomic E-state index is 12.9. The van der Waals surface area contributed by atoms with Gasteiger partial charge < -0.3 is 4.90 Å². The third kappa shape index (κ3) is 3.89. The molecule has 29 heavy (non-hydrogen) atoms. The molecule has 8 heteroatoms. The summed E-state index contributed by atoms with van der Waals surface area (Å²) >= 11 is 6.59. The zero-order valence-electron chi connectivity index (χ0n) is 16.7. The number of carbonyl (C=O) groups excluding carboxylic acids is 1. The zero-order chi connectivity index (χ0) is 21.1. The number of nitrogens with zero attached hydrogens (tertiary/aromatic N) is 4. The number of nitriles is 1. The van der Waals surface area contributed by atoms with Gasteiger partial charge in [-0.05, 0) is 44.7 Å². The number of thioether (sulfide) groups is 1. The Labute approximate surface area is 180 Å². The van der Waals surface area contributed by atoms with Crippen molar-refractivity contribution in [1.82, 2.24) is 9.47 Å². The molecule has 0 N–H and O–H groups in total. The van der Waals surface area contributed by atoms with E-state index in [1.807, 2.05) is 6.92 Å². The third-order valence-corrected chi connectivity index (χ3v) is 6.66. The molecule has 2 aliphatic heterocycles. The van der Waals surface area contributed by atoms with Gasteiger partial charge in [-0.25, -0.2) is 0 Å². The average Bonchev–Trinajstić information content (AvgIpc) is 2.98. The van der Waals surface area contributed by atoms with Gasteiger partial charge in [-0.2, -0.15) is 5.26 Å². The summed E-state index contributed by atoms with van der Waals surface area (Å²) in [5, 5.41) is 9.60. The SMILES string of the molecule is C=CCN1C(=O)C(=Cc2c(C)c(C#N)c(=O)n(CC)c2N2CCCCC2)SC1=S. The second kappa shape index (κ2) is 8.97. The standard InChI is InChI=1S/C21H24N4O2S2/c1-4-9-25-20(27)17(29-21(25)28)12-15-14(3)16(13-22)19(26)24(5-2)18(15)23-10-7-6-8-11-23/h4,12H,1,5-11H2,2-3H3. The van der Waals surface area contributed by atoms with Crippen molar-refractivity contribution >= 4 is 46.1 Å². The van der Waals surface area contributed by atoms with Crippen molar-refractivity contribution in [1.29, 1.82) is 5.26 Å². The molecule has 0 radical (unpaired) electrons. The van der Waals surface area contributed by atoms with E-state index < -0.39 is 0 Å². The maximum absolute atomic E-state index is 12.9. The van der Waals surface area contributed by atoms with Crippen LogP contribution in [0.5, 0.6) is 0 Å². The van der Waals surface area contributed by atoms with Crippen molar-refractivity contribution in [2.45, 2.75) is 39.7 Å². The van der Waals surface area contributed by atoms with Crippen LogP contribution in [0.4, 0.5) is 5.82 Å². The van der Waals surface area contributed by atoms with Gasteiger partial charge in [-0.3, -0.25) is 19.1 Å². The first-order valence-electron chi connectivity index (χ1n) is 9.73. The summed E-state index contributed by atoms with van der Waals surface area (Å²) in [6.07, 6.45) is 6.71. The Morgan fingerprint density at radius 3 is 2.55 bits per heavy atom. The fraction of sp³-hybridized carbons (Fsp3) is 0.429. The van der Waals surface area contributed by atoms with Crippen LogP contribution in [-0.4, -0.2) is 39.3 Å². The van der Waals surface area contributed by atoms with Crippen LogP contribution in [0.15, 0.2) is 22.4 Å². The molecule has 0 bridgehead atoms. The normalized spacial score (nSPS) is 18.4. The third-order valence-electron chi connectivity index (χ3n) is 5.28. The minimum atomic E-state index is -0.274. The summed E-state index contributed by atoms with van der Waals surface area (Å²) in [4.78, 5) is 30.0. The molecule has 1 aromatic heterocycles. The molecule has 0 atom stereocenters. The first-order valence-corrected chi connectivity index (χ1v) is 11.0. The molecule has 0 aromatic carbocycles. The van der Waals surface area contributed by atoms with Crippen molar-refractivity contribution in [2.24, 2.45) is 0 Å². The summed E-state index contributed by atoms with van der Waals surface area (Å²) < 4.78 is 2.15. The van der Waals surface area contributed by atoms with Crippen molar-refractivity contribution in [2.75, 3.05) is 24.5 Å². The molecule has 6 nitrogen and oxygen atoms in total. The molecule has 3 heterocycles. The lowest BCUT2D eigenvalue weighted by molar-refractivity contribution is -0.121. The van der Waals surface area contributed by atoms with E-state index in [4.69, 9.17) is 12.2 Å². The summed E-state index contributed by atoms with van der Waals surface area (Å²) in [6, 6.07) is 2.06. The van der Waals surface area contributed by atoms with E-state index in [0.29, 0.717) is 27.9 Å². The topological polar surface area (TPSA) is 69.3 Å². The van der Waals surface area contributed by atoms with Crippen molar-refractivity contribution in [3.8, 4) is 6.07 Å². The number of rotatable bonds is 5. The van der Waals surface area contributed by atoms with E-state index in [9.17, 15) is 14.9 Å². The number of anilines is 1. The van der Waals surface area contributed by atoms with Crippen LogP contribution < -0.4 is 10.5 Å². The van der Waals surface area contributed by atoms with Gasteiger partial charge in [0.25, 0.3) is 11.5 Å². The number of aromatic nitrogens is 1. The summed E-state index contributed by atoms with van der Waals surface area (Å²) in [6.45, 7) is 9.88. The predicted octanol–water partition coefficient (Wildman–Crippen LogP) is 3.43. The monoisotopic (exact) mass is 428 g/mol. The van der Waals surface area contributed by atoms with Crippen LogP contribution >= 0.6 is 24.0 Å². The second-order valence-corrected chi connectivity index (χ2v) is 8.70. The van der Waals surface area contributed by atoms with Crippen LogP contribution in [0, 0.1) is 18.3 Å². The fourth-order valence-electron chi connectivity index (χ4n) is 3.80. The van der Waals surface area contributed by atoms with Crippen molar-refractivity contribution in [3.05, 3.63) is 44.6 Å². The number of thiocarbonyl (C=S) groups is 1. The van der Waals surface area contributed by atoms with Crippen LogP contribution in [0.2, 0.25) is 0 Å². The number of piperidine rings is 1. The Morgan fingerprint density at radius 1 is 1.28 bits per heavy atom. The lowest BCUT2D eigenvalue weighted by Crippen LogP contribution is -2.37. The Bertz CT molecular complexity index is 997. The zero-order valence-corrected chi connectivity index (χ0v) is 18.4. The molecule has 2 aliphatic rings. The molecule has 0 saturated carbocycles. The Kier molecular flexibility index (Phi) is 6.60. The van der Waals surface area contributed by atoms with Crippen molar-refractivity contribution in [3.63, 3.8) is 0 Å². The Hall–Kier alpha value is -2.37.